The van der Waals surface area contributed by atoms with E-state index in [0.29, 0.717) is 12.4 Å². The van der Waals surface area contributed by atoms with Crippen LogP contribution in [-0.2, 0) is 6.42 Å². The van der Waals surface area contributed by atoms with Crippen LogP contribution in [0.4, 0.5) is 0 Å². The zero-order chi connectivity index (χ0) is 21.1. The fraction of sp³-hybridized carbons (Fsp3) is 0.571. The van der Waals surface area contributed by atoms with Gasteiger partial charge >= 0.3 is 0 Å². The number of aromatic nitrogens is 2. The van der Waals surface area contributed by atoms with Crippen LogP contribution in [0, 0.1) is 0 Å². The Bertz CT molecular complexity index is 767. The van der Waals surface area contributed by atoms with Crippen molar-refractivity contribution in [2.45, 2.75) is 52.6 Å². The van der Waals surface area contributed by atoms with E-state index in [1.165, 1.54) is 0 Å². The second kappa shape index (κ2) is 14.1. The predicted octanol–water partition coefficient (Wildman–Crippen LogP) is 3.77. The Kier molecular flexibility index (Phi) is 12.2. The average molecular weight is 531 g/mol. The second-order valence-electron chi connectivity index (χ2n) is 7.03. The molecule has 0 radical (unpaired) electrons. The van der Waals surface area contributed by atoms with Crippen molar-refractivity contribution in [1.82, 2.24) is 20.8 Å². The molecular formula is C21H34IN5O3. The molecule has 2 N–H and O–H groups in total. The molecule has 0 bridgehead atoms. The van der Waals surface area contributed by atoms with Gasteiger partial charge in [0, 0.05) is 25.4 Å². The number of aryl methyl sites for hydroxylation is 1. The summed E-state index contributed by atoms with van der Waals surface area (Å²) >= 11 is 0. The Balaban J connectivity index is 0.00000450. The van der Waals surface area contributed by atoms with Crippen LogP contribution in [0.2, 0.25) is 0 Å². The summed E-state index contributed by atoms with van der Waals surface area (Å²) in [7, 11) is 1.64. The number of methoxy groups -OCH3 is 1. The summed E-state index contributed by atoms with van der Waals surface area (Å²) in [6.45, 7) is 10.2. The van der Waals surface area contributed by atoms with E-state index in [4.69, 9.17) is 14.0 Å². The summed E-state index contributed by atoms with van der Waals surface area (Å²) in [6, 6.07) is 7.61. The van der Waals surface area contributed by atoms with Gasteiger partial charge in [-0.2, -0.15) is 4.98 Å². The Hall–Kier alpha value is -2.04. The van der Waals surface area contributed by atoms with Gasteiger partial charge in [0.1, 0.15) is 6.10 Å². The van der Waals surface area contributed by atoms with Gasteiger partial charge in [0.05, 0.1) is 13.7 Å². The summed E-state index contributed by atoms with van der Waals surface area (Å²) in [5.41, 5.74) is 0. The summed E-state index contributed by atoms with van der Waals surface area (Å²) in [5, 5.41) is 10.6. The molecule has 0 saturated heterocycles. The fourth-order valence-corrected chi connectivity index (χ4v) is 2.58. The Morgan fingerprint density at radius 2 is 1.90 bits per heavy atom. The molecule has 0 saturated carbocycles. The SMILES string of the molecule is CCNC(=NCC(C)Oc1ccccc1OC)NCCCc1nc(C(C)C)no1.I. The average Bonchev–Trinajstić information content (AvgIpc) is 3.19. The first-order valence-electron chi connectivity index (χ1n) is 10.2. The van der Waals surface area contributed by atoms with E-state index in [-0.39, 0.29) is 36.0 Å². The van der Waals surface area contributed by atoms with E-state index >= 15 is 0 Å². The van der Waals surface area contributed by atoms with Gasteiger partial charge in [-0.25, -0.2) is 4.99 Å². The molecule has 2 aromatic rings. The lowest BCUT2D eigenvalue weighted by Crippen LogP contribution is -2.38. The Morgan fingerprint density at radius 3 is 2.53 bits per heavy atom. The molecule has 0 fully saturated rings. The highest BCUT2D eigenvalue weighted by Crippen LogP contribution is 2.26. The summed E-state index contributed by atoms with van der Waals surface area (Å²) < 4.78 is 16.6. The van der Waals surface area contributed by atoms with Crippen molar-refractivity contribution >= 4 is 29.9 Å². The number of rotatable bonds is 11. The molecule has 1 atom stereocenters. The number of hydrogen-bond acceptors (Lipinski definition) is 6. The number of nitrogens with zero attached hydrogens (tertiary/aromatic N) is 3. The minimum absolute atomic E-state index is 0. The van der Waals surface area contributed by atoms with Crippen LogP contribution in [0.5, 0.6) is 11.5 Å². The molecule has 0 aliphatic heterocycles. The zero-order valence-corrected chi connectivity index (χ0v) is 20.8. The monoisotopic (exact) mass is 531 g/mol. The van der Waals surface area contributed by atoms with E-state index in [2.05, 4.69) is 25.8 Å². The molecule has 9 heteroatoms. The van der Waals surface area contributed by atoms with Crippen LogP contribution in [0.25, 0.3) is 0 Å². The number of guanidine groups is 1. The molecule has 0 aliphatic carbocycles. The Labute approximate surface area is 196 Å². The summed E-state index contributed by atoms with van der Waals surface area (Å²) in [5.74, 6) is 3.91. The van der Waals surface area contributed by atoms with Crippen molar-refractivity contribution in [2.24, 2.45) is 4.99 Å². The number of hydrogen-bond donors (Lipinski definition) is 2. The summed E-state index contributed by atoms with van der Waals surface area (Å²) in [4.78, 5) is 9.01. The number of para-hydroxylation sites is 2. The Morgan fingerprint density at radius 1 is 1.17 bits per heavy atom. The normalized spacial score (nSPS) is 12.3. The third-order valence-electron chi connectivity index (χ3n) is 4.11. The first-order chi connectivity index (χ1) is 14.0. The minimum Gasteiger partial charge on any atom is -0.493 e. The largest absolute Gasteiger partial charge is 0.493 e. The third kappa shape index (κ3) is 8.76. The van der Waals surface area contributed by atoms with Crippen LogP contribution < -0.4 is 20.1 Å². The molecule has 0 amide bonds. The van der Waals surface area contributed by atoms with Crippen molar-refractivity contribution in [3.05, 3.63) is 36.0 Å². The standard InChI is InChI=1S/C21H33N5O3.HI/c1-6-22-21(23-13-9-12-19-25-20(15(2)3)26-29-19)24-14-16(4)28-18-11-8-7-10-17(18)27-5;/h7-8,10-11,15-16H,6,9,12-14H2,1-5H3,(H2,22,23,24);1H. The first-order valence-corrected chi connectivity index (χ1v) is 10.2. The van der Waals surface area contributed by atoms with Gasteiger partial charge in [-0.15, -0.1) is 24.0 Å². The molecule has 0 spiro atoms. The number of halogens is 1. The highest BCUT2D eigenvalue weighted by Gasteiger charge is 2.10. The lowest BCUT2D eigenvalue weighted by Gasteiger charge is -2.16. The zero-order valence-electron chi connectivity index (χ0n) is 18.5. The molecule has 8 nitrogen and oxygen atoms in total. The van der Waals surface area contributed by atoms with E-state index in [9.17, 15) is 0 Å². The van der Waals surface area contributed by atoms with Crippen LogP contribution in [-0.4, -0.2) is 48.9 Å². The predicted molar refractivity (Wildman–Crippen MR) is 129 cm³/mol. The van der Waals surface area contributed by atoms with Gasteiger partial charge in [-0.3, -0.25) is 0 Å². The number of ether oxygens (including phenoxy) is 2. The third-order valence-corrected chi connectivity index (χ3v) is 4.11. The van der Waals surface area contributed by atoms with Gasteiger partial charge in [-0.1, -0.05) is 31.1 Å². The summed E-state index contributed by atoms with van der Waals surface area (Å²) in [6.07, 6.45) is 1.52. The molecule has 1 aromatic carbocycles. The maximum absolute atomic E-state index is 5.95. The van der Waals surface area contributed by atoms with Crippen molar-refractivity contribution in [2.75, 3.05) is 26.7 Å². The molecule has 0 aliphatic rings. The topological polar surface area (TPSA) is 93.8 Å². The minimum atomic E-state index is -0.0883. The highest BCUT2D eigenvalue weighted by molar-refractivity contribution is 14.0. The second-order valence-corrected chi connectivity index (χ2v) is 7.03. The molecule has 1 aromatic heterocycles. The van der Waals surface area contributed by atoms with Crippen LogP contribution >= 0.6 is 24.0 Å². The highest BCUT2D eigenvalue weighted by atomic mass is 127. The molecule has 1 unspecified atom stereocenters. The number of aliphatic imine (C=N–C) groups is 1. The molecular weight excluding hydrogens is 497 g/mol. The molecule has 168 valence electrons. The van der Waals surface area contributed by atoms with Crippen molar-refractivity contribution in [1.29, 1.82) is 0 Å². The van der Waals surface area contributed by atoms with Crippen molar-refractivity contribution < 1.29 is 14.0 Å². The van der Waals surface area contributed by atoms with E-state index in [0.717, 1.165) is 49.2 Å². The smallest absolute Gasteiger partial charge is 0.226 e. The van der Waals surface area contributed by atoms with Gasteiger partial charge < -0.3 is 24.6 Å². The first kappa shape index (κ1) is 26.0. The maximum atomic E-state index is 5.95. The number of benzene rings is 1. The van der Waals surface area contributed by atoms with Crippen molar-refractivity contribution in [3.63, 3.8) is 0 Å². The van der Waals surface area contributed by atoms with E-state index in [1.54, 1.807) is 7.11 Å². The molecule has 2 rings (SSSR count). The van der Waals surface area contributed by atoms with Gasteiger partial charge in [0.15, 0.2) is 23.3 Å². The van der Waals surface area contributed by atoms with Gasteiger partial charge in [0.2, 0.25) is 5.89 Å². The lowest BCUT2D eigenvalue weighted by atomic mass is 10.2. The van der Waals surface area contributed by atoms with Crippen LogP contribution in [0.3, 0.4) is 0 Å². The quantitative estimate of drug-likeness (QED) is 0.197. The van der Waals surface area contributed by atoms with Crippen LogP contribution in [0.1, 0.15) is 51.7 Å². The van der Waals surface area contributed by atoms with Gasteiger partial charge in [0.25, 0.3) is 0 Å². The lowest BCUT2D eigenvalue weighted by molar-refractivity contribution is 0.219. The van der Waals surface area contributed by atoms with E-state index in [1.807, 2.05) is 52.0 Å². The number of nitrogens with one attached hydrogen (secondary N) is 2. The molecule has 1 heterocycles. The van der Waals surface area contributed by atoms with Crippen molar-refractivity contribution in [3.8, 4) is 11.5 Å². The molecule has 30 heavy (non-hydrogen) atoms. The maximum Gasteiger partial charge on any atom is 0.226 e. The van der Waals surface area contributed by atoms with E-state index < -0.39 is 0 Å². The van der Waals surface area contributed by atoms with Gasteiger partial charge in [-0.05, 0) is 32.4 Å². The van der Waals surface area contributed by atoms with Crippen LogP contribution in [0.15, 0.2) is 33.8 Å². The fourth-order valence-electron chi connectivity index (χ4n) is 2.58.